The van der Waals surface area contributed by atoms with Gasteiger partial charge in [-0.3, -0.25) is 4.79 Å². The number of nitrogens with one attached hydrogen (secondary N) is 1. The van der Waals surface area contributed by atoms with Gasteiger partial charge in [-0.1, -0.05) is 12.1 Å². The summed E-state index contributed by atoms with van der Waals surface area (Å²) in [5.74, 6) is -0.416. The molecule has 0 radical (unpaired) electrons. The van der Waals surface area contributed by atoms with Gasteiger partial charge in [-0.25, -0.2) is 4.79 Å². The van der Waals surface area contributed by atoms with Crippen LogP contribution in [0.15, 0.2) is 42.5 Å². The Labute approximate surface area is 141 Å². The van der Waals surface area contributed by atoms with Crippen molar-refractivity contribution < 1.29 is 19.4 Å². The van der Waals surface area contributed by atoms with Crippen LogP contribution in [0.3, 0.4) is 0 Å². The summed E-state index contributed by atoms with van der Waals surface area (Å²) < 4.78 is 5.67. The second-order valence-electron chi connectivity index (χ2n) is 5.88. The fraction of sp³-hybridized carbons (Fsp3) is 0.263. The molecule has 0 aliphatic rings. The summed E-state index contributed by atoms with van der Waals surface area (Å²) in [6.07, 6.45) is 0.204. The molecule has 2 aromatic carbocycles. The fourth-order valence-electron chi connectivity index (χ4n) is 2.32. The van der Waals surface area contributed by atoms with Crippen molar-refractivity contribution in [2.24, 2.45) is 0 Å². The lowest BCUT2D eigenvalue weighted by molar-refractivity contribution is -0.115. The number of hydrogen-bond donors (Lipinski definition) is 2. The maximum Gasteiger partial charge on any atom is 0.335 e. The van der Waals surface area contributed by atoms with Gasteiger partial charge < -0.3 is 15.2 Å². The zero-order valence-electron chi connectivity index (χ0n) is 14.0. The Balaban J connectivity index is 2.03. The van der Waals surface area contributed by atoms with Crippen LogP contribution in [-0.4, -0.2) is 23.1 Å². The highest BCUT2D eigenvalue weighted by molar-refractivity contribution is 5.93. The molecule has 126 valence electrons. The molecule has 0 saturated heterocycles. The fourth-order valence-corrected chi connectivity index (χ4v) is 2.32. The minimum atomic E-state index is -1.01. The minimum absolute atomic E-state index is 0.0886. The first-order valence-electron chi connectivity index (χ1n) is 7.74. The van der Waals surface area contributed by atoms with Crippen LogP contribution in [0.2, 0.25) is 0 Å². The average molecular weight is 327 g/mol. The molecule has 2 N–H and O–H groups in total. The first-order chi connectivity index (χ1) is 11.3. The Morgan fingerprint density at radius 1 is 1.17 bits per heavy atom. The van der Waals surface area contributed by atoms with Crippen LogP contribution >= 0.6 is 0 Å². The Morgan fingerprint density at radius 3 is 2.54 bits per heavy atom. The molecule has 0 aliphatic heterocycles. The Bertz CT molecular complexity index is 753. The van der Waals surface area contributed by atoms with E-state index in [4.69, 9.17) is 9.84 Å². The van der Waals surface area contributed by atoms with E-state index in [1.165, 1.54) is 12.1 Å². The number of anilines is 1. The highest BCUT2D eigenvalue weighted by Crippen LogP contribution is 2.23. The summed E-state index contributed by atoms with van der Waals surface area (Å²) in [4.78, 5) is 23.1. The SMILES string of the molecule is Cc1cc(NC(=O)Cc2cccc(C(=O)O)c2)ccc1OC(C)C. The lowest BCUT2D eigenvalue weighted by atomic mass is 10.1. The van der Waals surface area contributed by atoms with Gasteiger partial charge >= 0.3 is 5.97 Å². The number of aromatic carboxylic acids is 1. The van der Waals surface area contributed by atoms with Crippen molar-refractivity contribution in [1.29, 1.82) is 0 Å². The van der Waals surface area contributed by atoms with Gasteiger partial charge in [0.15, 0.2) is 0 Å². The van der Waals surface area contributed by atoms with Gasteiger partial charge in [0.05, 0.1) is 18.1 Å². The van der Waals surface area contributed by atoms with Crippen molar-refractivity contribution in [3.8, 4) is 5.75 Å². The smallest absolute Gasteiger partial charge is 0.335 e. The molecule has 5 heteroatoms. The second-order valence-corrected chi connectivity index (χ2v) is 5.88. The monoisotopic (exact) mass is 327 g/mol. The first-order valence-corrected chi connectivity index (χ1v) is 7.74. The zero-order valence-corrected chi connectivity index (χ0v) is 14.0. The number of aryl methyl sites for hydroxylation is 1. The molecule has 0 aliphatic carbocycles. The van der Waals surface area contributed by atoms with E-state index in [-0.39, 0.29) is 24.0 Å². The van der Waals surface area contributed by atoms with E-state index in [9.17, 15) is 9.59 Å². The van der Waals surface area contributed by atoms with Gasteiger partial charge in [0.1, 0.15) is 5.75 Å². The second kappa shape index (κ2) is 7.64. The van der Waals surface area contributed by atoms with Crippen LogP contribution < -0.4 is 10.1 Å². The van der Waals surface area contributed by atoms with E-state index in [1.807, 2.05) is 32.9 Å². The van der Waals surface area contributed by atoms with E-state index in [1.54, 1.807) is 18.2 Å². The third-order valence-electron chi connectivity index (χ3n) is 3.36. The third-order valence-corrected chi connectivity index (χ3v) is 3.36. The van der Waals surface area contributed by atoms with Crippen LogP contribution in [-0.2, 0) is 11.2 Å². The third kappa shape index (κ3) is 4.84. The van der Waals surface area contributed by atoms with Crippen LogP contribution in [0.1, 0.15) is 35.3 Å². The summed E-state index contributed by atoms with van der Waals surface area (Å²) in [5.41, 5.74) is 2.45. The van der Waals surface area contributed by atoms with Crippen LogP contribution in [0.4, 0.5) is 5.69 Å². The van der Waals surface area contributed by atoms with E-state index in [2.05, 4.69) is 5.32 Å². The molecule has 0 bridgehead atoms. The highest BCUT2D eigenvalue weighted by Gasteiger charge is 2.09. The largest absolute Gasteiger partial charge is 0.491 e. The van der Waals surface area contributed by atoms with E-state index < -0.39 is 5.97 Å². The number of hydrogen-bond acceptors (Lipinski definition) is 3. The summed E-state index contributed by atoms with van der Waals surface area (Å²) in [6, 6.07) is 11.8. The Kier molecular flexibility index (Phi) is 5.58. The van der Waals surface area contributed by atoms with Gasteiger partial charge in [-0.15, -0.1) is 0 Å². The van der Waals surface area contributed by atoms with Gasteiger partial charge in [0, 0.05) is 5.69 Å². The molecule has 1 amide bonds. The number of amides is 1. The molecular weight excluding hydrogens is 306 g/mol. The number of carboxylic acid groups (broad SMARTS) is 1. The molecule has 2 rings (SSSR count). The normalized spacial score (nSPS) is 10.5. The number of carboxylic acids is 1. The van der Waals surface area contributed by atoms with Crippen LogP contribution in [0, 0.1) is 6.92 Å². The standard InChI is InChI=1S/C19H21NO4/c1-12(2)24-17-8-7-16(9-13(17)3)20-18(21)11-14-5-4-6-15(10-14)19(22)23/h4-10,12H,11H2,1-3H3,(H,20,21)(H,22,23). The van der Waals surface area contributed by atoms with Crippen molar-refractivity contribution in [2.75, 3.05) is 5.32 Å². The average Bonchev–Trinajstić information content (AvgIpc) is 2.49. The number of carbonyl (C=O) groups is 2. The Morgan fingerprint density at radius 2 is 1.92 bits per heavy atom. The number of benzene rings is 2. The highest BCUT2D eigenvalue weighted by atomic mass is 16.5. The lowest BCUT2D eigenvalue weighted by Gasteiger charge is -2.14. The van der Waals surface area contributed by atoms with Crippen LogP contribution in [0.5, 0.6) is 5.75 Å². The predicted octanol–water partition coefficient (Wildman–Crippen LogP) is 3.66. The maximum absolute atomic E-state index is 12.1. The number of ether oxygens (including phenoxy) is 1. The first kappa shape index (κ1) is 17.5. The lowest BCUT2D eigenvalue weighted by Crippen LogP contribution is -2.15. The maximum atomic E-state index is 12.1. The summed E-state index contributed by atoms with van der Waals surface area (Å²) in [5, 5.41) is 11.8. The topological polar surface area (TPSA) is 75.6 Å². The van der Waals surface area contributed by atoms with Crippen molar-refractivity contribution in [2.45, 2.75) is 33.3 Å². The van der Waals surface area contributed by atoms with Crippen molar-refractivity contribution >= 4 is 17.6 Å². The van der Waals surface area contributed by atoms with Crippen molar-refractivity contribution in [1.82, 2.24) is 0 Å². The molecule has 0 saturated carbocycles. The molecule has 0 atom stereocenters. The number of carbonyl (C=O) groups excluding carboxylic acids is 1. The van der Waals surface area contributed by atoms with E-state index in [0.717, 1.165) is 11.3 Å². The van der Waals surface area contributed by atoms with Gasteiger partial charge in [-0.05, 0) is 62.2 Å². The van der Waals surface area contributed by atoms with Gasteiger partial charge in [0.25, 0.3) is 0 Å². The van der Waals surface area contributed by atoms with Crippen molar-refractivity contribution in [3.05, 3.63) is 59.2 Å². The van der Waals surface area contributed by atoms with E-state index >= 15 is 0 Å². The molecule has 0 aromatic heterocycles. The summed E-state index contributed by atoms with van der Waals surface area (Å²) in [6.45, 7) is 5.84. The molecule has 2 aromatic rings. The van der Waals surface area contributed by atoms with Gasteiger partial charge in [-0.2, -0.15) is 0 Å². The van der Waals surface area contributed by atoms with E-state index in [0.29, 0.717) is 11.3 Å². The predicted molar refractivity (Wildman–Crippen MR) is 92.7 cm³/mol. The molecule has 5 nitrogen and oxygen atoms in total. The molecule has 0 unspecified atom stereocenters. The Hall–Kier alpha value is -2.82. The molecule has 24 heavy (non-hydrogen) atoms. The minimum Gasteiger partial charge on any atom is -0.491 e. The summed E-state index contributed by atoms with van der Waals surface area (Å²) in [7, 11) is 0. The molecular formula is C19H21NO4. The number of rotatable bonds is 6. The molecule has 0 heterocycles. The quantitative estimate of drug-likeness (QED) is 0.849. The zero-order chi connectivity index (χ0) is 17.7. The molecule has 0 spiro atoms. The summed E-state index contributed by atoms with van der Waals surface area (Å²) >= 11 is 0. The molecule has 0 fully saturated rings. The van der Waals surface area contributed by atoms with Crippen LogP contribution in [0.25, 0.3) is 0 Å². The van der Waals surface area contributed by atoms with Gasteiger partial charge in [0.2, 0.25) is 5.91 Å². The van der Waals surface area contributed by atoms with Crippen molar-refractivity contribution in [3.63, 3.8) is 0 Å².